The second-order valence-corrected chi connectivity index (χ2v) is 12.3. The summed E-state index contributed by atoms with van der Waals surface area (Å²) < 4.78 is 61.3. The van der Waals surface area contributed by atoms with E-state index in [-0.39, 0.29) is 0 Å². The van der Waals surface area contributed by atoms with Crippen LogP contribution < -0.4 is 10.1 Å². The lowest BCUT2D eigenvalue weighted by molar-refractivity contribution is -0.0322. The molecular formula is C39H71NO11. The standard InChI is InChI=1S/C39H71NO11/c1-2-3-4-5-6-7-8-37-9-11-38(12-10-37)50-35-33-48-31-29-46-27-25-44-23-21-42-19-17-41-18-20-43-22-24-45-26-28-47-30-32-49-34-36-51-39-13-15-40-16-14-39/h9-12,39-40H,2-8,13-36H2,1H3. The van der Waals surface area contributed by atoms with Crippen LogP contribution >= 0.6 is 0 Å². The SMILES string of the molecule is CCCCCCCCc1ccc(OCCOCCOCCOCCOCCOCCOCCOCCOCCOCCOC2CCNCC2)cc1. The van der Waals surface area contributed by atoms with Gasteiger partial charge >= 0.3 is 0 Å². The summed E-state index contributed by atoms with van der Waals surface area (Å²) in [4.78, 5) is 0. The molecule has 0 saturated carbocycles. The molecule has 51 heavy (non-hydrogen) atoms. The fraction of sp³-hybridized carbons (Fsp3) is 0.846. The van der Waals surface area contributed by atoms with Gasteiger partial charge in [-0.05, 0) is 56.5 Å². The van der Waals surface area contributed by atoms with Crippen LogP contribution in [-0.2, 0) is 53.8 Å². The van der Waals surface area contributed by atoms with Gasteiger partial charge in [0.25, 0.3) is 0 Å². The smallest absolute Gasteiger partial charge is 0.119 e. The molecule has 12 nitrogen and oxygen atoms in total. The van der Waals surface area contributed by atoms with E-state index in [1.807, 2.05) is 0 Å². The van der Waals surface area contributed by atoms with Crippen LogP contribution in [0, 0.1) is 0 Å². The van der Waals surface area contributed by atoms with Crippen molar-refractivity contribution in [3.8, 4) is 5.75 Å². The van der Waals surface area contributed by atoms with Crippen LogP contribution in [0.25, 0.3) is 0 Å². The number of rotatable bonds is 39. The molecule has 0 amide bonds. The number of benzene rings is 1. The predicted molar refractivity (Wildman–Crippen MR) is 198 cm³/mol. The van der Waals surface area contributed by atoms with Gasteiger partial charge in [0.05, 0.1) is 132 Å². The average molecular weight is 730 g/mol. The third-order valence-electron chi connectivity index (χ3n) is 8.08. The highest BCUT2D eigenvalue weighted by Crippen LogP contribution is 2.15. The monoisotopic (exact) mass is 730 g/mol. The maximum atomic E-state index is 5.80. The van der Waals surface area contributed by atoms with Gasteiger partial charge in [-0.3, -0.25) is 0 Å². The minimum absolute atomic E-state index is 0.373. The van der Waals surface area contributed by atoms with E-state index in [0.717, 1.165) is 38.1 Å². The molecule has 1 N–H and O–H groups in total. The quantitative estimate of drug-likeness (QED) is 0.0932. The molecule has 0 unspecified atom stereocenters. The molecule has 1 aromatic rings. The molecule has 1 aliphatic rings. The number of nitrogens with one attached hydrogen (secondary N) is 1. The zero-order chi connectivity index (χ0) is 36.0. The van der Waals surface area contributed by atoms with Gasteiger partial charge in [-0.2, -0.15) is 0 Å². The molecule has 12 heteroatoms. The number of hydrogen-bond acceptors (Lipinski definition) is 12. The van der Waals surface area contributed by atoms with Crippen molar-refractivity contribution in [2.45, 2.75) is 70.8 Å². The molecule has 0 spiro atoms. The lowest BCUT2D eigenvalue weighted by atomic mass is 10.0. The van der Waals surface area contributed by atoms with Crippen LogP contribution in [0.3, 0.4) is 0 Å². The second-order valence-electron chi connectivity index (χ2n) is 12.3. The van der Waals surface area contributed by atoms with Crippen LogP contribution in [-0.4, -0.2) is 151 Å². The van der Waals surface area contributed by atoms with E-state index in [9.17, 15) is 0 Å². The Morgan fingerprint density at radius 1 is 0.451 bits per heavy atom. The number of piperidine rings is 1. The third kappa shape index (κ3) is 30.7. The summed E-state index contributed by atoms with van der Waals surface area (Å²) in [6.45, 7) is 15.1. The van der Waals surface area contributed by atoms with Gasteiger partial charge in [-0.1, -0.05) is 51.2 Å². The van der Waals surface area contributed by atoms with Crippen LogP contribution in [0.4, 0.5) is 0 Å². The fourth-order valence-electron chi connectivity index (χ4n) is 5.18. The van der Waals surface area contributed by atoms with Gasteiger partial charge in [0, 0.05) is 0 Å². The molecule has 1 fully saturated rings. The van der Waals surface area contributed by atoms with E-state index in [2.05, 4.69) is 36.5 Å². The van der Waals surface area contributed by atoms with Crippen molar-refractivity contribution in [3.05, 3.63) is 29.8 Å². The Labute approximate surface area is 308 Å². The van der Waals surface area contributed by atoms with Crippen molar-refractivity contribution in [1.82, 2.24) is 5.32 Å². The summed E-state index contributed by atoms with van der Waals surface area (Å²) in [5.41, 5.74) is 1.38. The molecule has 1 heterocycles. The Balaban J connectivity index is 1.17. The summed E-state index contributed by atoms with van der Waals surface area (Å²) >= 11 is 0. The van der Waals surface area contributed by atoms with Crippen molar-refractivity contribution in [2.75, 3.05) is 145 Å². The minimum Gasteiger partial charge on any atom is -0.491 e. The zero-order valence-corrected chi connectivity index (χ0v) is 31.8. The van der Waals surface area contributed by atoms with Crippen molar-refractivity contribution in [3.63, 3.8) is 0 Å². The Morgan fingerprint density at radius 3 is 1.25 bits per heavy atom. The molecule has 2 rings (SSSR count). The maximum Gasteiger partial charge on any atom is 0.119 e. The number of ether oxygens (including phenoxy) is 11. The first-order valence-electron chi connectivity index (χ1n) is 19.6. The summed E-state index contributed by atoms with van der Waals surface area (Å²) in [5.74, 6) is 0.888. The van der Waals surface area contributed by atoms with Crippen molar-refractivity contribution in [1.29, 1.82) is 0 Å². The topological polar surface area (TPSA) is 114 Å². The Bertz CT molecular complexity index is 830. The third-order valence-corrected chi connectivity index (χ3v) is 8.08. The van der Waals surface area contributed by atoms with Crippen LogP contribution in [0.5, 0.6) is 5.75 Å². The van der Waals surface area contributed by atoms with E-state index < -0.39 is 0 Å². The lowest BCUT2D eigenvalue weighted by Crippen LogP contribution is -2.33. The normalized spacial score (nSPS) is 13.7. The van der Waals surface area contributed by atoms with Crippen molar-refractivity contribution in [2.24, 2.45) is 0 Å². The molecule has 0 radical (unpaired) electrons. The van der Waals surface area contributed by atoms with E-state index in [4.69, 9.17) is 52.1 Å². The Hall–Kier alpha value is -1.42. The summed E-state index contributed by atoms with van der Waals surface area (Å²) in [5, 5.41) is 3.33. The molecule has 0 atom stereocenters. The highest BCUT2D eigenvalue weighted by atomic mass is 16.6. The van der Waals surface area contributed by atoms with Gasteiger partial charge in [0.2, 0.25) is 0 Å². The van der Waals surface area contributed by atoms with Crippen molar-refractivity contribution < 1.29 is 52.1 Å². The van der Waals surface area contributed by atoms with Gasteiger partial charge in [0.1, 0.15) is 12.4 Å². The van der Waals surface area contributed by atoms with Gasteiger partial charge in [-0.15, -0.1) is 0 Å². The van der Waals surface area contributed by atoms with Crippen molar-refractivity contribution >= 4 is 0 Å². The number of aryl methyl sites for hydroxylation is 1. The first-order valence-corrected chi connectivity index (χ1v) is 19.6. The van der Waals surface area contributed by atoms with E-state index in [0.29, 0.717) is 138 Å². The van der Waals surface area contributed by atoms with E-state index in [1.165, 1.54) is 44.1 Å². The van der Waals surface area contributed by atoms with Gasteiger partial charge < -0.3 is 57.4 Å². The average Bonchev–Trinajstić information content (AvgIpc) is 3.16. The maximum absolute atomic E-state index is 5.80. The molecule has 0 aliphatic carbocycles. The van der Waals surface area contributed by atoms with Crippen LogP contribution in [0.1, 0.15) is 63.9 Å². The summed E-state index contributed by atoms with van der Waals surface area (Å²) in [7, 11) is 0. The van der Waals surface area contributed by atoms with Gasteiger partial charge in [0.15, 0.2) is 0 Å². The Morgan fingerprint density at radius 2 is 0.824 bits per heavy atom. The summed E-state index contributed by atoms with van der Waals surface area (Å²) in [6.07, 6.45) is 11.6. The fourth-order valence-corrected chi connectivity index (χ4v) is 5.18. The molecule has 0 aromatic heterocycles. The molecule has 1 aliphatic heterocycles. The van der Waals surface area contributed by atoms with Crippen LogP contribution in [0.2, 0.25) is 0 Å². The second kappa shape index (κ2) is 36.9. The van der Waals surface area contributed by atoms with Gasteiger partial charge in [-0.25, -0.2) is 0 Å². The van der Waals surface area contributed by atoms with Crippen LogP contribution in [0.15, 0.2) is 24.3 Å². The molecular weight excluding hydrogens is 658 g/mol. The molecule has 1 aromatic carbocycles. The number of hydrogen-bond donors (Lipinski definition) is 1. The molecule has 1 saturated heterocycles. The Kier molecular flexibility index (Phi) is 33.1. The first kappa shape index (κ1) is 45.7. The lowest BCUT2D eigenvalue weighted by Gasteiger charge is -2.22. The zero-order valence-electron chi connectivity index (χ0n) is 31.8. The first-order chi connectivity index (χ1) is 25.4. The van der Waals surface area contributed by atoms with E-state index >= 15 is 0 Å². The summed E-state index contributed by atoms with van der Waals surface area (Å²) in [6, 6.07) is 8.44. The largest absolute Gasteiger partial charge is 0.491 e. The highest BCUT2D eigenvalue weighted by Gasteiger charge is 2.12. The number of unbranched alkanes of at least 4 members (excludes halogenated alkanes) is 5. The predicted octanol–water partition coefficient (Wildman–Crippen LogP) is 4.89. The molecule has 0 bridgehead atoms. The minimum atomic E-state index is 0.373. The van der Waals surface area contributed by atoms with E-state index in [1.54, 1.807) is 0 Å². The molecule has 298 valence electrons. The highest BCUT2D eigenvalue weighted by molar-refractivity contribution is 5.27.